The number of thioether (sulfide) groups is 1. The molecule has 0 N–H and O–H groups in total. The number of nitrogens with zero attached hydrogens (tertiary/aromatic N) is 6. The topological polar surface area (TPSA) is 101 Å². The third kappa shape index (κ3) is 5.41. The van der Waals surface area contributed by atoms with Gasteiger partial charge in [-0.2, -0.15) is 5.01 Å². The smallest absolute Gasteiger partial charge is 0.324 e. The fourth-order valence-corrected chi connectivity index (χ4v) is 4.17. The van der Waals surface area contributed by atoms with E-state index in [1.54, 1.807) is 55.5 Å². The third-order valence-corrected chi connectivity index (χ3v) is 6.00. The fourth-order valence-electron chi connectivity index (χ4n) is 2.91. The number of amidine groups is 1. The number of amides is 1. The van der Waals surface area contributed by atoms with Crippen molar-refractivity contribution in [1.82, 2.24) is 5.27 Å². The molecule has 1 aliphatic rings. The van der Waals surface area contributed by atoms with Crippen LogP contribution in [0.25, 0.3) is 6.08 Å². The zero-order valence-corrected chi connectivity index (χ0v) is 20.4. The molecule has 0 saturated heterocycles. The summed E-state index contributed by atoms with van der Waals surface area (Å²) in [7, 11) is 3.53. The number of aromatic nitrogens is 2. The summed E-state index contributed by atoms with van der Waals surface area (Å²) in [6.45, 7) is 0. The van der Waals surface area contributed by atoms with Crippen LogP contribution in [0.5, 0.6) is 0 Å². The molecule has 1 amide bonds. The first-order valence-electron chi connectivity index (χ1n) is 9.90. The van der Waals surface area contributed by atoms with Crippen LogP contribution in [-0.4, -0.2) is 42.1 Å². The van der Waals surface area contributed by atoms with Gasteiger partial charge in [-0.25, -0.2) is 9.98 Å². The van der Waals surface area contributed by atoms with E-state index >= 15 is 0 Å². The van der Waals surface area contributed by atoms with Crippen LogP contribution < -0.4 is 19.8 Å². The Morgan fingerprint density at radius 3 is 2.71 bits per heavy atom. The van der Waals surface area contributed by atoms with Crippen LogP contribution in [0.15, 0.2) is 74.9 Å². The van der Waals surface area contributed by atoms with E-state index in [0.717, 1.165) is 11.8 Å². The highest BCUT2D eigenvalue weighted by atomic mass is 35.5. The molecule has 0 saturated carbocycles. The second kappa shape index (κ2) is 10.3. The van der Waals surface area contributed by atoms with Gasteiger partial charge in [0, 0.05) is 15.8 Å². The monoisotopic (exact) mass is 516 g/mol. The lowest BCUT2D eigenvalue weighted by atomic mass is 10.2. The van der Waals surface area contributed by atoms with E-state index < -0.39 is 5.90 Å². The number of hydrogen-bond acceptors (Lipinski definition) is 8. The number of rotatable bonds is 6. The molecule has 0 atom stereocenters. The Hall–Kier alpha value is -3.34. The second-order valence-electron chi connectivity index (χ2n) is 7.17. The molecule has 0 aliphatic carbocycles. The summed E-state index contributed by atoms with van der Waals surface area (Å²) in [6.07, 6.45) is 3.07. The van der Waals surface area contributed by atoms with Crippen LogP contribution in [0.4, 0.5) is 11.6 Å². The molecule has 1 aromatic heterocycles. The standard InChI is InChI=1S/C22H18Cl2N6O3S/c1-28(2)29-12-20(33-27-29)26-19(31)13-34-22-25-18(10-14-8-9-15(23)11-17(14)24)21(32)30(22)16-6-4-3-5-7-16/h3-12H,13H2,1-2H3/b18-10+. The first kappa shape index (κ1) is 23.8. The van der Waals surface area contributed by atoms with Gasteiger partial charge in [0.15, 0.2) is 5.17 Å². The molecule has 0 radical (unpaired) electrons. The van der Waals surface area contributed by atoms with Gasteiger partial charge in [-0.05, 0) is 41.8 Å². The molecule has 2 aromatic carbocycles. The molecule has 34 heavy (non-hydrogen) atoms. The summed E-state index contributed by atoms with van der Waals surface area (Å²) in [6, 6.07) is 14.0. The summed E-state index contributed by atoms with van der Waals surface area (Å²) in [5, 5.41) is 19.0. The van der Waals surface area contributed by atoms with Gasteiger partial charge >= 0.3 is 5.88 Å². The van der Waals surface area contributed by atoms with Crippen molar-refractivity contribution in [2.75, 3.05) is 29.8 Å². The van der Waals surface area contributed by atoms with Crippen LogP contribution in [0.1, 0.15) is 5.56 Å². The van der Waals surface area contributed by atoms with Crippen LogP contribution >= 0.6 is 35.0 Å². The van der Waals surface area contributed by atoms with Crippen molar-refractivity contribution in [2.45, 2.75) is 0 Å². The Morgan fingerprint density at radius 2 is 2.03 bits per heavy atom. The lowest BCUT2D eigenvalue weighted by molar-refractivity contribution is -0.753. The Morgan fingerprint density at radius 1 is 1.26 bits per heavy atom. The molecule has 12 heteroatoms. The Bertz CT molecular complexity index is 1310. The molecule has 3 aromatic rings. The number of benzene rings is 2. The molecular formula is C22H18Cl2N6O3S. The summed E-state index contributed by atoms with van der Waals surface area (Å²) < 4.78 is 5.03. The fraction of sp³-hybridized carbons (Fsp3) is 0.136. The summed E-state index contributed by atoms with van der Waals surface area (Å²) in [5.74, 6) is -0.797. The second-order valence-corrected chi connectivity index (χ2v) is 8.95. The molecular weight excluding hydrogens is 499 g/mol. The minimum Gasteiger partial charge on any atom is -0.861 e. The normalized spacial score (nSPS) is 15.2. The predicted octanol–water partition coefficient (Wildman–Crippen LogP) is 3.03. The third-order valence-electron chi connectivity index (χ3n) is 4.51. The van der Waals surface area contributed by atoms with Crippen molar-refractivity contribution in [3.63, 3.8) is 0 Å². The van der Waals surface area contributed by atoms with E-state index in [9.17, 15) is 9.90 Å². The minimum atomic E-state index is -0.464. The van der Waals surface area contributed by atoms with Gasteiger partial charge in [-0.1, -0.05) is 59.2 Å². The predicted molar refractivity (Wildman–Crippen MR) is 132 cm³/mol. The Balaban J connectivity index is 1.60. The van der Waals surface area contributed by atoms with Gasteiger partial charge in [0.25, 0.3) is 12.1 Å². The number of para-hydroxylation sites is 1. The summed E-state index contributed by atoms with van der Waals surface area (Å²) >= 11 is 13.3. The maximum Gasteiger partial charge on any atom is 0.324 e. The number of hydrogen-bond donors (Lipinski definition) is 0. The van der Waals surface area contributed by atoms with E-state index in [0.29, 0.717) is 26.5 Å². The number of aliphatic imine (C=N–C) groups is 2. The Kier molecular flexibility index (Phi) is 7.20. The van der Waals surface area contributed by atoms with Gasteiger partial charge in [-0.15, -0.1) is 0 Å². The highest BCUT2D eigenvalue weighted by molar-refractivity contribution is 8.14. The SMILES string of the molecule is CN(C)[n+]1cc(/N=C(/[O-])CSC2=N/C(=C/c3ccc(Cl)cc3Cl)C(=O)N2c2ccccc2)on1. The first-order chi connectivity index (χ1) is 16.3. The lowest BCUT2D eigenvalue weighted by Gasteiger charge is -2.18. The average Bonchev–Trinajstić information content (AvgIpc) is 3.39. The van der Waals surface area contributed by atoms with Gasteiger partial charge in [0.05, 0.1) is 24.6 Å². The van der Waals surface area contributed by atoms with E-state index in [4.69, 9.17) is 27.7 Å². The van der Waals surface area contributed by atoms with Crippen molar-refractivity contribution < 1.29 is 19.2 Å². The van der Waals surface area contributed by atoms with Gasteiger partial charge in [0.1, 0.15) is 5.70 Å². The van der Waals surface area contributed by atoms with E-state index in [1.165, 1.54) is 15.9 Å². The molecule has 9 nitrogen and oxygen atoms in total. The minimum absolute atomic E-state index is 0.0624. The average molecular weight is 517 g/mol. The summed E-state index contributed by atoms with van der Waals surface area (Å²) in [5.41, 5.74) is 1.40. The molecule has 1 aliphatic heterocycles. The first-order valence-corrected chi connectivity index (χ1v) is 11.6. The van der Waals surface area contributed by atoms with Crippen molar-refractivity contribution in [3.8, 4) is 0 Å². The van der Waals surface area contributed by atoms with Crippen molar-refractivity contribution in [2.24, 2.45) is 9.98 Å². The molecule has 0 fully saturated rings. The van der Waals surface area contributed by atoms with Crippen molar-refractivity contribution in [3.05, 3.63) is 76.0 Å². The number of carbonyl (C=O) groups excluding carboxylic acids is 1. The van der Waals surface area contributed by atoms with Gasteiger partial charge < -0.3 is 5.11 Å². The van der Waals surface area contributed by atoms with E-state index in [-0.39, 0.29) is 23.2 Å². The molecule has 4 rings (SSSR count). The lowest BCUT2D eigenvalue weighted by Crippen LogP contribution is -2.53. The van der Waals surface area contributed by atoms with E-state index in [2.05, 4.69) is 15.3 Å². The highest BCUT2D eigenvalue weighted by Gasteiger charge is 2.32. The zero-order chi connectivity index (χ0) is 24.2. The summed E-state index contributed by atoms with van der Waals surface area (Å²) in [4.78, 5) is 24.5. The van der Waals surface area contributed by atoms with Crippen LogP contribution in [0.3, 0.4) is 0 Å². The quantitative estimate of drug-likeness (QED) is 0.216. The maximum atomic E-state index is 13.2. The largest absolute Gasteiger partial charge is 0.861 e. The number of carbonyl (C=O) groups is 1. The van der Waals surface area contributed by atoms with Crippen LogP contribution in [-0.2, 0) is 4.79 Å². The molecule has 2 heterocycles. The highest BCUT2D eigenvalue weighted by Crippen LogP contribution is 2.31. The van der Waals surface area contributed by atoms with E-state index in [1.807, 2.05) is 18.2 Å². The number of anilines is 1. The van der Waals surface area contributed by atoms with Crippen LogP contribution in [0, 0.1) is 0 Å². The maximum absolute atomic E-state index is 13.2. The zero-order valence-electron chi connectivity index (χ0n) is 18.1. The molecule has 0 spiro atoms. The number of halogens is 2. The van der Waals surface area contributed by atoms with Crippen molar-refractivity contribution in [1.29, 1.82) is 0 Å². The molecule has 0 unspecified atom stereocenters. The van der Waals surface area contributed by atoms with Crippen LogP contribution in [0.2, 0.25) is 10.0 Å². The van der Waals surface area contributed by atoms with Gasteiger partial charge in [0.2, 0.25) is 5.27 Å². The molecule has 0 bridgehead atoms. The Labute approximate surface area is 209 Å². The van der Waals surface area contributed by atoms with Crippen molar-refractivity contribution >= 4 is 69.6 Å². The van der Waals surface area contributed by atoms with Gasteiger partial charge in [-0.3, -0.25) is 14.2 Å². The molecule has 174 valence electrons.